The van der Waals surface area contributed by atoms with Gasteiger partial charge in [0.05, 0.1) is 0 Å². The van der Waals surface area contributed by atoms with E-state index in [9.17, 15) is 0 Å². The predicted molar refractivity (Wildman–Crippen MR) is 69.0 cm³/mol. The van der Waals surface area contributed by atoms with Gasteiger partial charge in [-0.15, -0.1) is 0 Å². The normalized spacial score (nSPS) is 19.3. The fourth-order valence-electron chi connectivity index (χ4n) is 2.42. The van der Waals surface area contributed by atoms with Crippen LogP contribution < -0.4 is 0 Å². The fourth-order valence-corrected chi connectivity index (χ4v) is 2.42. The minimum atomic E-state index is 0.725. The molecule has 1 saturated carbocycles. The Morgan fingerprint density at radius 2 is 1.67 bits per heavy atom. The van der Waals surface area contributed by atoms with Crippen LogP contribution in [0.15, 0.2) is 12.2 Å². The van der Waals surface area contributed by atoms with E-state index in [1.54, 1.807) is 0 Å². The number of hydrogen-bond donors (Lipinski definition) is 0. The number of rotatable bonds is 7. The highest BCUT2D eigenvalue weighted by atomic mass is 14.5. The first kappa shape index (κ1) is 12.8. The summed E-state index contributed by atoms with van der Waals surface area (Å²) in [6.45, 7) is 9.30. The van der Waals surface area contributed by atoms with Gasteiger partial charge in [0.15, 0.2) is 0 Å². The van der Waals surface area contributed by atoms with Crippen LogP contribution >= 0.6 is 0 Å². The van der Waals surface area contributed by atoms with Crippen molar-refractivity contribution in [2.45, 2.75) is 66.2 Å². The molecule has 0 heteroatoms. The molecule has 0 unspecified atom stereocenters. The molecule has 0 N–H and O–H groups in total. The number of allylic oxidation sites excluding steroid dienone is 2. The molecule has 0 spiro atoms. The van der Waals surface area contributed by atoms with Gasteiger partial charge in [0.2, 0.25) is 0 Å². The summed E-state index contributed by atoms with van der Waals surface area (Å²) in [7, 11) is 0. The van der Waals surface area contributed by atoms with Gasteiger partial charge in [-0.05, 0) is 55.8 Å². The van der Waals surface area contributed by atoms with E-state index in [0.29, 0.717) is 0 Å². The smallest absolute Gasteiger partial charge is 0.0260 e. The third-order valence-electron chi connectivity index (χ3n) is 3.43. The summed E-state index contributed by atoms with van der Waals surface area (Å²) in [6, 6.07) is 0. The molecule has 15 heavy (non-hydrogen) atoms. The van der Waals surface area contributed by atoms with Gasteiger partial charge in [0.25, 0.3) is 0 Å². The maximum atomic E-state index is 2.44. The second kappa shape index (κ2) is 5.72. The van der Waals surface area contributed by atoms with Gasteiger partial charge in [0.1, 0.15) is 0 Å². The van der Waals surface area contributed by atoms with Crippen LogP contribution in [0.5, 0.6) is 0 Å². The molecule has 1 fully saturated rings. The second-order valence-corrected chi connectivity index (χ2v) is 6.24. The average molecular weight is 208 g/mol. The monoisotopic (exact) mass is 208 g/mol. The maximum absolute atomic E-state index is 2.44. The van der Waals surface area contributed by atoms with Gasteiger partial charge in [0, 0.05) is 0 Å². The third-order valence-corrected chi connectivity index (χ3v) is 3.43. The van der Waals surface area contributed by atoms with Crippen LogP contribution in [0.1, 0.15) is 66.2 Å². The molecule has 0 atom stereocenters. The van der Waals surface area contributed by atoms with Crippen molar-refractivity contribution < 1.29 is 0 Å². The lowest BCUT2D eigenvalue weighted by atomic mass is 9.91. The quantitative estimate of drug-likeness (QED) is 0.505. The Labute approximate surface area is 96.2 Å². The molecule has 1 aliphatic carbocycles. The van der Waals surface area contributed by atoms with E-state index in [2.05, 4.69) is 39.8 Å². The van der Waals surface area contributed by atoms with E-state index in [1.165, 1.54) is 38.5 Å². The zero-order chi connectivity index (χ0) is 11.3. The Morgan fingerprint density at radius 3 is 2.13 bits per heavy atom. The Hall–Kier alpha value is -0.260. The van der Waals surface area contributed by atoms with Gasteiger partial charge in [-0.1, -0.05) is 39.8 Å². The molecule has 0 aliphatic heterocycles. The summed E-state index contributed by atoms with van der Waals surface area (Å²) >= 11 is 0. The summed E-state index contributed by atoms with van der Waals surface area (Å²) in [5.41, 5.74) is 0.725. The highest BCUT2D eigenvalue weighted by Crippen LogP contribution is 2.53. The Morgan fingerprint density at radius 1 is 1.00 bits per heavy atom. The third kappa shape index (κ3) is 5.39. The number of hydrogen-bond acceptors (Lipinski definition) is 0. The molecule has 1 aliphatic rings. The molecule has 0 aromatic heterocycles. The predicted octanol–water partition coefficient (Wildman–Crippen LogP) is 5.20. The molecule has 0 radical (unpaired) electrons. The Balaban J connectivity index is 2.13. The molecule has 0 nitrogen and oxygen atoms in total. The molecule has 0 heterocycles. The van der Waals surface area contributed by atoms with Crippen LogP contribution in [0.3, 0.4) is 0 Å². The van der Waals surface area contributed by atoms with Crippen LogP contribution in [-0.2, 0) is 0 Å². The molecule has 0 saturated heterocycles. The van der Waals surface area contributed by atoms with Crippen molar-refractivity contribution in [1.82, 2.24) is 0 Å². The second-order valence-electron chi connectivity index (χ2n) is 6.24. The van der Waals surface area contributed by atoms with Crippen LogP contribution in [0.25, 0.3) is 0 Å². The van der Waals surface area contributed by atoms with Gasteiger partial charge in [-0.3, -0.25) is 0 Å². The molecule has 88 valence electrons. The summed E-state index contributed by atoms with van der Waals surface area (Å²) in [6.07, 6.45) is 13.2. The van der Waals surface area contributed by atoms with E-state index in [1.807, 2.05) is 0 Å². The molecular formula is C15H28. The highest BCUT2D eigenvalue weighted by molar-refractivity contribution is 5.00. The minimum Gasteiger partial charge on any atom is -0.0885 e. The van der Waals surface area contributed by atoms with E-state index in [0.717, 1.165) is 17.3 Å². The van der Waals surface area contributed by atoms with E-state index in [-0.39, 0.29) is 0 Å². The van der Waals surface area contributed by atoms with Crippen molar-refractivity contribution in [2.24, 2.45) is 17.3 Å². The van der Waals surface area contributed by atoms with Gasteiger partial charge >= 0.3 is 0 Å². The standard InChI is InChI=1S/C15H28/c1-13(2)8-6-5-7-9-15(10-11-15)12-14(3)4/h5,7,13-14H,6,8-12H2,1-4H3/b7-5-. The summed E-state index contributed by atoms with van der Waals surface area (Å²) in [5, 5.41) is 0. The lowest BCUT2D eigenvalue weighted by Gasteiger charge is -2.15. The van der Waals surface area contributed by atoms with Crippen molar-refractivity contribution >= 4 is 0 Å². The molecule has 0 aromatic carbocycles. The average Bonchev–Trinajstić information content (AvgIpc) is 2.83. The Kier molecular flexibility index (Phi) is 4.89. The largest absolute Gasteiger partial charge is 0.0885 e. The summed E-state index contributed by atoms with van der Waals surface area (Å²) in [5.74, 6) is 1.72. The molecule has 0 amide bonds. The molecule has 0 aromatic rings. The first-order chi connectivity index (χ1) is 7.04. The van der Waals surface area contributed by atoms with Crippen molar-refractivity contribution in [3.8, 4) is 0 Å². The fraction of sp³-hybridized carbons (Fsp3) is 0.867. The van der Waals surface area contributed by atoms with Gasteiger partial charge < -0.3 is 0 Å². The first-order valence-electron chi connectivity index (χ1n) is 6.69. The summed E-state index contributed by atoms with van der Waals surface area (Å²) in [4.78, 5) is 0. The Bertz CT molecular complexity index is 194. The lowest BCUT2D eigenvalue weighted by Crippen LogP contribution is -2.03. The molecule has 0 bridgehead atoms. The van der Waals surface area contributed by atoms with Gasteiger partial charge in [-0.2, -0.15) is 0 Å². The zero-order valence-electron chi connectivity index (χ0n) is 11.1. The highest BCUT2D eigenvalue weighted by Gasteiger charge is 2.41. The van der Waals surface area contributed by atoms with E-state index < -0.39 is 0 Å². The van der Waals surface area contributed by atoms with Gasteiger partial charge in [-0.25, -0.2) is 0 Å². The van der Waals surface area contributed by atoms with Crippen LogP contribution in [-0.4, -0.2) is 0 Å². The SMILES string of the molecule is CC(C)CC/C=C\CC1(CC(C)C)CC1. The molecule has 1 rings (SSSR count). The molecular weight excluding hydrogens is 180 g/mol. The van der Waals surface area contributed by atoms with E-state index >= 15 is 0 Å². The van der Waals surface area contributed by atoms with E-state index in [4.69, 9.17) is 0 Å². The lowest BCUT2D eigenvalue weighted by molar-refractivity contribution is 0.392. The maximum Gasteiger partial charge on any atom is -0.0260 e. The zero-order valence-corrected chi connectivity index (χ0v) is 11.1. The van der Waals surface area contributed by atoms with Crippen LogP contribution in [0, 0.1) is 17.3 Å². The van der Waals surface area contributed by atoms with Crippen LogP contribution in [0.4, 0.5) is 0 Å². The van der Waals surface area contributed by atoms with Crippen LogP contribution in [0.2, 0.25) is 0 Å². The van der Waals surface area contributed by atoms with Crippen molar-refractivity contribution in [2.75, 3.05) is 0 Å². The van der Waals surface area contributed by atoms with Crippen molar-refractivity contribution in [3.05, 3.63) is 12.2 Å². The minimum absolute atomic E-state index is 0.725. The van der Waals surface area contributed by atoms with Crippen molar-refractivity contribution in [1.29, 1.82) is 0 Å². The first-order valence-corrected chi connectivity index (χ1v) is 6.69. The van der Waals surface area contributed by atoms with Crippen molar-refractivity contribution in [3.63, 3.8) is 0 Å². The summed E-state index contributed by atoms with van der Waals surface area (Å²) < 4.78 is 0. The topological polar surface area (TPSA) is 0 Å².